The van der Waals surface area contributed by atoms with E-state index in [0.29, 0.717) is 5.69 Å². The predicted octanol–water partition coefficient (Wildman–Crippen LogP) is 3.20. The van der Waals surface area contributed by atoms with Crippen molar-refractivity contribution in [3.63, 3.8) is 0 Å². The van der Waals surface area contributed by atoms with Crippen molar-refractivity contribution in [3.05, 3.63) is 54.0 Å². The SMILES string of the molecule is Cc1ccc(-c2cccc(F)n2)cc1. The molecule has 2 rings (SSSR count). The van der Waals surface area contributed by atoms with Gasteiger partial charge in [0.15, 0.2) is 0 Å². The molecule has 0 amide bonds. The molecule has 0 aliphatic rings. The predicted molar refractivity (Wildman–Crippen MR) is 54.4 cm³/mol. The third kappa shape index (κ3) is 1.79. The molecule has 1 heterocycles. The van der Waals surface area contributed by atoms with Crippen molar-refractivity contribution in [3.8, 4) is 11.3 Å². The first-order valence-electron chi connectivity index (χ1n) is 4.45. The minimum atomic E-state index is -0.442. The third-order valence-corrected chi connectivity index (χ3v) is 2.06. The first-order valence-corrected chi connectivity index (χ1v) is 4.45. The highest BCUT2D eigenvalue weighted by Crippen LogP contribution is 2.17. The van der Waals surface area contributed by atoms with E-state index in [1.165, 1.54) is 11.6 Å². The summed E-state index contributed by atoms with van der Waals surface area (Å²) in [5, 5.41) is 0. The molecule has 0 aliphatic heterocycles. The van der Waals surface area contributed by atoms with Gasteiger partial charge in [-0.1, -0.05) is 35.9 Å². The third-order valence-electron chi connectivity index (χ3n) is 2.06. The standard InChI is InChI=1S/C12H10FN/c1-9-5-7-10(8-6-9)11-3-2-4-12(13)14-11/h2-8H,1H3. The van der Waals surface area contributed by atoms with E-state index in [0.717, 1.165) is 5.56 Å². The van der Waals surface area contributed by atoms with Gasteiger partial charge < -0.3 is 0 Å². The molecule has 1 aromatic heterocycles. The molecule has 0 saturated heterocycles. The lowest BCUT2D eigenvalue weighted by Gasteiger charge is -2.00. The Labute approximate surface area is 82.2 Å². The molecular formula is C12H10FN. The average Bonchev–Trinajstić information content (AvgIpc) is 2.19. The van der Waals surface area contributed by atoms with E-state index in [2.05, 4.69) is 4.98 Å². The molecule has 1 aromatic carbocycles. The normalized spacial score (nSPS) is 10.1. The van der Waals surface area contributed by atoms with Crippen molar-refractivity contribution in [2.24, 2.45) is 0 Å². The second kappa shape index (κ2) is 3.58. The lowest BCUT2D eigenvalue weighted by Crippen LogP contribution is -1.86. The summed E-state index contributed by atoms with van der Waals surface area (Å²) in [7, 11) is 0. The van der Waals surface area contributed by atoms with Crippen molar-refractivity contribution < 1.29 is 4.39 Å². The number of aromatic nitrogens is 1. The van der Waals surface area contributed by atoms with Crippen LogP contribution in [0.5, 0.6) is 0 Å². The van der Waals surface area contributed by atoms with Gasteiger partial charge in [-0.15, -0.1) is 0 Å². The number of nitrogens with zero attached hydrogens (tertiary/aromatic N) is 1. The molecule has 0 fully saturated rings. The first kappa shape index (κ1) is 8.88. The Balaban J connectivity index is 2.44. The van der Waals surface area contributed by atoms with E-state index in [1.54, 1.807) is 12.1 Å². The van der Waals surface area contributed by atoms with Crippen molar-refractivity contribution in [2.45, 2.75) is 6.92 Å². The van der Waals surface area contributed by atoms with Crippen molar-refractivity contribution in [2.75, 3.05) is 0 Å². The van der Waals surface area contributed by atoms with Crippen molar-refractivity contribution in [1.29, 1.82) is 0 Å². The summed E-state index contributed by atoms with van der Waals surface area (Å²) in [4.78, 5) is 3.81. The molecule has 0 saturated carbocycles. The van der Waals surface area contributed by atoms with Crippen LogP contribution in [0.2, 0.25) is 0 Å². The summed E-state index contributed by atoms with van der Waals surface area (Å²) in [6.07, 6.45) is 0. The molecule has 2 heteroatoms. The highest BCUT2D eigenvalue weighted by atomic mass is 19.1. The van der Waals surface area contributed by atoms with E-state index in [-0.39, 0.29) is 0 Å². The summed E-state index contributed by atoms with van der Waals surface area (Å²) in [5.41, 5.74) is 2.80. The van der Waals surface area contributed by atoms with Gasteiger partial charge in [-0.2, -0.15) is 4.39 Å². The molecule has 0 atom stereocenters. The van der Waals surface area contributed by atoms with Gasteiger partial charge in [-0.25, -0.2) is 4.98 Å². The fourth-order valence-electron chi connectivity index (χ4n) is 1.29. The maximum absolute atomic E-state index is 12.8. The maximum Gasteiger partial charge on any atom is 0.213 e. The molecule has 70 valence electrons. The Hall–Kier alpha value is -1.70. The fraction of sp³-hybridized carbons (Fsp3) is 0.0833. The first-order chi connectivity index (χ1) is 6.75. The summed E-state index contributed by atoms with van der Waals surface area (Å²) in [6.45, 7) is 2.02. The lowest BCUT2D eigenvalue weighted by atomic mass is 10.1. The number of halogens is 1. The molecule has 0 spiro atoms. The number of benzene rings is 1. The Morgan fingerprint density at radius 2 is 1.71 bits per heavy atom. The van der Waals surface area contributed by atoms with Crippen LogP contribution >= 0.6 is 0 Å². The van der Waals surface area contributed by atoms with E-state index in [9.17, 15) is 4.39 Å². The van der Waals surface area contributed by atoms with Gasteiger partial charge in [0, 0.05) is 5.56 Å². The van der Waals surface area contributed by atoms with Crippen LogP contribution in [0, 0.1) is 12.9 Å². The average molecular weight is 187 g/mol. The van der Waals surface area contributed by atoms with Gasteiger partial charge in [0.05, 0.1) is 5.69 Å². The van der Waals surface area contributed by atoms with Crippen LogP contribution in [0.1, 0.15) is 5.56 Å². The molecule has 0 bridgehead atoms. The number of rotatable bonds is 1. The molecule has 1 nitrogen and oxygen atoms in total. The quantitative estimate of drug-likeness (QED) is 0.625. The van der Waals surface area contributed by atoms with Crippen LogP contribution < -0.4 is 0 Å². The molecule has 0 unspecified atom stereocenters. The summed E-state index contributed by atoms with van der Waals surface area (Å²) >= 11 is 0. The summed E-state index contributed by atoms with van der Waals surface area (Å²) in [6, 6.07) is 12.7. The van der Waals surface area contributed by atoms with E-state index in [1.807, 2.05) is 31.2 Å². The van der Waals surface area contributed by atoms with Crippen LogP contribution in [0.4, 0.5) is 4.39 Å². The van der Waals surface area contributed by atoms with Crippen LogP contribution in [-0.4, -0.2) is 4.98 Å². The highest BCUT2D eigenvalue weighted by Gasteiger charge is 1.99. The minimum absolute atomic E-state index is 0.442. The van der Waals surface area contributed by atoms with E-state index in [4.69, 9.17) is 0 Å². The van der Waals surface area contributed by atoms with Gasteiger partial charge in [0.25, 0.3) is 0 Å². The maximum atomic E-state index is 12.8. The zero-order valence-corrected chi connectivity index (χ0v) is 7.87. The van der Waals surface area contributed by atoms with Gasteiger partial charge in [0.1, 0.15) is 0 Å². The van der Waals surface area contributed by atoms with Crippen molar-refractivity contribution in [1.82, 2.24) is 4.98 Å². The van der Waals surface area contributed by atoms with Gasteiger partial charge in [-0.3, -0.25) is 0 Å². The Bertz CT molecular complexity index is 434. The lowest BCUT2D eigenvalue weighted by molar-refractivity contribution is 0.585. The number of pyridine rings is 1. The molecule has 2 aromatic rings. The van der Waals surface area contributed by atoms with Gasteiger partial charge in [-0.05, 0) is 19.1 Å². The van der Waals surface area contributed by atoms with E-state index < -0.39 is 5.95 Å². The van der Waals surface area contributed by atoms with Gasteiger partial charge in [0.2, 0.25) is 5.95 Å². The highest BCUT2D eigenvalue weighted by molar-refractivity contribution is 5.58. The minimum Gasteiger partial charge on any atom is -0.220 e. The second-order valence-electron chi connectivity index (χ2n) is 3.21. The summed E-state index contributed by atoms with van der Waals surface area (Å²) < 4.78 is 12.8. The fourth-order valence-corrected chi connectivity index (χ4v) is 1.29. The number of hydrogen-bond acceptors (Lipinski definition) is 1. The zero-order chi connectivity index (χ0) is 9.97. The Kier molecular flexibility index (Phi) is 2.27. The number of hydrogen-bond donors (Lipinski definition) is 0. The smallest absolute Gasteiger partial charge is 0.213 e. The topological polar surface area (TPSA) is 12.9 Å². The molecule has 0 aliphatic carbocycles. The Morgan fingerprint density at radius 1 is 1.00 bits per heavy atom. The summed E-state index contributed by atoms with van der Waals surface area (Å²) in [5.74, 6) is -0.442. The monoisotopic (exact) mass is 187 g/mol. The molecule has 0 N–H and O–H groups in total. The second-order valence-corrected chi connectivity index (χ2v) is 3.21. The molecule has 14 heavy (non-hydrogen) atoms. The van der Waals surface area contributed by atoms with Gasteiger partial charge >= 0.3 is 0 Å². The van der Waals surface area contributed by atoms with Crippen LogP contribution in [0.15, 0.2) is 42.5 Å². The molecule has 0 radical (unpaired) electrons. The largest absolute Gasteiger partial charge is 0.220 e. The Morgan fingerprint density at radius 3 is 2.36 bits per heavy atom. The van der Waals surface area contributed by atoms with Crippen LogP contribution in [0.25, 0.3) is 11.3 Å². The van der Waals surface area contributed by atoms with Crippen LogP contribution in [0.3, 0.4) is 0 Å². The van der Waals surface area contributed by atoms with Crippen molar-refractivity contribution >= 4 is 0 Å². The number of aryl methyl sites for hydroxylation is 1. The molecular weight excluding hydrogens is 177 g/mol. The van der Waals surface area contributed by atoms with Crippen LogP contribution in [-0.2, 0) is 0 Å². The zero-order valence-electron chi connectivity index (χ0n) is 7.87. The van der Waals surface area contributed by atoms with E-state index >= 15 is 0 Å².